The number of carbonyl (C=O) groups excluding carboxylic acids is 3. The Morgan fingerprint density at radius 2 is 1.72 bits per heavy atom. The first-order chi connectivity index (χ1) is 13.8. The summed E-state index contributed by atoms with van der Waals surface area (Å²) in [5, 5.41) is 2.66. The van der Waals surface area contributed by atoms with Crippen molar-refractivity contribution in [1.82, 2.24) is 5.32 Å². The van der Waals surface area contributed by atoms with E-state index in [9.17, 15) is 14.4 Å². The number of nitrogens with one attached hydrogen (secondary N) is 1. The maximum absolute atomic E-state index is 12.9. The van der Waals surface area contributed by atoms with Gasteiger partial charge in [0.1, 0.15) is 17.9 Å². The van der Waals surface area contributed by atoms with Crippen LogP contribution in [0.4, 0.5) is 10.5 Å². The summed E-state index contributed by atoms with van der Waals surface area (Å²) >= 11 is 10.1. The zero-order valence-corrected chi connectivity index (χ0v) is 19.8. The topological polar surface area (TPSA) is 75.7 Å². The molecule has 0 bridgehead atoms. The predicted molar refractivity (Wildman–Crippen MR) is 128 cm³/mol. The Kier molecular flexibility index (Phi) is 6.96. The largest absolute Gasteiger partial charge is 0.487 e. The number of urea groups is 1. The van der Waals surface area contributed by atoms with Gasteiger partial charge in [0.2, 0.25) is 0 Å². The number of hydrogen-bond donors (Lipinski definition) is 1. The second-order valence-electron chi connectivity index (χ2n) is 5.85. The van der Waals surface area contributed by atoms with Crippen molar-refractivity contribution in [3.8, 4) is 5.75 Å². The molecule has 29 heavy (non-hydrogen) atoms. The van der Waals surface area contributed by atoms with Crippen molar-refractivity contribution >= 4 is 86.4 Å². The first kappa shape index (κ1) is 21.8. The third-order valence-electron chi connectivity index (χ3n) is 3.86. The molecule has 0 aliphatic carbocycles. The summed E-state index contributed by atoms with van der Waals surface area (Å²) in [6.07, 6.45) is 3.10. The molecule has 2 aromatic rings. The van der Waals surface area contributed by atoms with Crippen molar-refractivity contribution < 1.29 is 19.1 Å². The first-order valence-corrected chi connectivity index (χ1v) is 10.7. The smallest absolute Gasteiger partial charge is 0.335 e. The van der Waals surface area contributed by atoms with Crippen molar-refractivity contribution in [3.63, 3.8) is 0 Å². The minimum atomic E-state index is -0.809. The molecule has 9 heteroatoms. The maximum atomic E-state index is 12.9. The summed E-state index contributed by atoms with van der Waals surface area (Å²) in [6, 6.07) is 8.95. The third kappa shape index (κ3) is 4.81. The van der Waals surface area contributed by atoms with Crippen molar-refractivity contribution in [3.05, 3.63) is 72.4 Å². The molecule has 1 aliphatic heterocycles. The van der Waals surface area contributed by atoms with Crippen LogP contribution in [0.15, 0.2) is 54.6 Å². The molecule has 1 aliphatic rings. The molecular formula is C20H13ClI2N2O4. The Labute approximate surface area is 199 Å². The second kappa shape index (κ2) is 9.26. The van der Waals surface area contributed by atoms with E-state index in [1.54, 1.807) is 30.3 Å². The summed E-state index contributed by atoms with van der Waals surface area (Å²) in [6.45, 7) is 4.00. The number of benzene rings is 2. The highest BCUT2D eigenvalue weighted by Gasteiger charge is 2.36. The second-order valence-corrected chi connectivity index (χ2v) is 8.61. The minimum absolute atomic E-state index is 0.147. The van der Waals surface area contributed by atoms with E-state index in [0.29, 0.717) is 28.6 Å². The molecule has 1 saturated heterocycles. The zero-order valence-electron chi connectivity index (χ0n) is 14.7. The number of ether oxygens (including phenoxy) is 1. The van der Waals surface area contributed by atoms with Gasteiger partial charge >= 0.3 is 6.03 Å². The Bertz CT molecular complexity index is 1030. The van der Waals surface area contributed by atoms with Crippen LogP contribution in [0.2, 0.25) is 5.02 Å². The molecule has 2 aromatic carbocycles. The van der Waals surface area contributed by atoms with Gasteiger partial charge in [-0.25, -0.2) is 9.69 Å². The van der Waals surface area contributed by atoms with E-state index < -0.39 is 17.8 Å². The van der Waals surface area contributed by atoms with Gasteiger partial charge in [-0.2, -0.15) is 0 Å². The number of halogens is 3. The van der Waals surface area contributed by atoms with E-state index in [0.717, 1.165) is 12.0 Å². The van der Waals surface area contributed by atoms with Crippen LogP contribution in [0.25, 0.3) is 6.08 Å². The average molecular weight is 635 g/mol. The number of barbiturate groups is 1. The van der Waals surface area contributed by atoms with Gasteiger partial charge in [0, 0.05) is 5.02 Å². The lowest BCUT2D eigenvalue weighted by Gasteiger charge is -2.26. The lowest BCUT2D eigenvalue weighted by atomic mass is 10.1. The van der Waals surface area contributed by atoms with Crippen LogP contribution < -0.4 is 15.0 Å². The standard InChI is InChI=1S/C20H13ClI2N2O4/c1-2-7-29-17-15(22)9-11(10-16(17)23)8-14-18(26)24-20(28)25(19(14)27)13-5-3-12(21)4-6-13/h2-6,8-10H,1,7H2,(H,24,26,28)/b14-8+. The molecule has 4 amide bonds. The van der Waals surface area contributed by atoms with Crippen LogP contribution in [0.1, 0.15) is 5.56 Å². The van der Waals surface area contributed by atoms with Gasteiger partial charge in [0.25, 0.3) is 11.8 Å². The molecule has 3 rings (SSSR count). The molecule has 0 aromatic heterocycles. The number of carbonyl (C=O) groups is 3. The summed E-state index contributed by atoms with van der Waals surface area (Å²) in [7, 11) is 0. The lowest BCUT2D eigenvalue weighted by Crippen LogP contribution is -2.54. The van der Waals surface area contributed by atoms with Gasteiger partial charge < -0.3 is 4.74 Å². The van der Waals surface area contributed by atoms with Crippen LogP contribution in [-0.2, 0) is 9.59 Å². The van der Waals surface area contributed by atoms with Crippen molar-refractivity contribution in [2.24, 2.45) is 0 Å². The van der Waals surface area contributed by atoms with E-state index in [1.165, 1.54) is 18.2 Å². The molecule has 0 saturated carbocycles. The van der Waals surface area contributed by atoms with Crippen molar-refractivity contribution in [2.75, 3.05) is 11.5 Å². The van der Waals surface area contributed by atoms with Crippen molar-refractivity contribution in [1.29, 1.82) is 0 Å². The van der Waals surface area contributed by atoms with Crippen LogP contribution in [-0.4, -0.2) is 24.5 Å². The first-order valence-electron chi connectivity index (χ1n) is 8.21. The quantitative estimate of drug-likeness (QED) is 0.223. The molecule has 0 spiro atoms. The Morgan fingerprint density at radius 3 is 2.31 bits per heavy atom. The molecule has 0 unspecified atom stereocenters. The molecule has 148 valence electrons. The minimum Gasteiger partial charge on any atom is -0.487 e. The van der Waals surface area contributed by atoms with Gasteiger partial charge in [0.15, 0.2) is 0 Å². The van der Waals surface area contributed by atoms with Gasteiger partial charge in [-0.3, -0.25) is 14.9 Å². The molecule has 1 heterocycles. The maximum Gasteiger partial charge on any atom is 0.335 e. The monoisotopic (exact) mass is 634 g/mol. The average Bonchev–Trinajstić information content (AvgIpc) is 2.66. The zero-order chi connectivity index (χ0) is 21.1. The summed E-state index contributed by atoms with van der Waals surface area (Å²) in [5.74, 6) is -0.758. The number of hydrogen-bond acceptors (Lipinski definition) is 4. The number of anilines is 1. The van der Waals surface area contributed by atoms with E-state index in [-0.39, 0.29) is 5.57 Å². The highest BCUT2D eigenvalue weighted by atomic mass is 127. The fourth-order valence-electron chi connectivity index (χ4n) is 2.59. The number of rotatable bonds is 5. The van der Waals surface area contributed by atoms with Crippen molar-refractivity contribution in [2.45, 2.75) is 0 Å². The molecule has 6 nitrogen and oxygen atoms in total. The highest BCUT2D eigenvalue weighted by molar-refractivity contribution is 14.1. The summed E-state index contributed by atoms with van der Waals surface area (Å²) < 4.78 is 7.27. The molecule has 1 fully saturated rings. The lowest BCUT2D eigenvalue weighted by molar-refractivity contribution is -0.122. The number of nitrogens with zero attached hydrogens (tertiary/aromatic N) is 1. The predicted octanol–water partition coefficient (Wildman–Crippen LogP) is 4.78. The summed E-state index contributed by atoms with van der Waals surface area (Å²) in [5.41, 5.74) is 0.798. The van der Waals surface area contributed by atoms with E-state index in [4.69, 9.17) is 16.3 Å². The fraction of sp³-hybridized carbons (Fsp3) is 0.0500. The van der Waals surface area contributed by atoms with Gasteiger partial charge in [-0.05, 0) is 93.2 Å². The van der Waals surface area contributed by atoms with Crippen LogP contribution in [0.3, 0.4) is 0 Å². The van der Waals surface area contributed by atoms with Crippen LogP contribution in [0.5, 0.6) is 5.75 Å². The van der Waals surface area contributed by atoms with E-state index >= 15 is 0 Å². The Hall–Kier alpha value is -1.92. The molecule has 0 radical (unpaired) electrons. The fourth-order valence-corrected chi connectivity index (χ4v) is 4.85. The summed E-state index contributed by atoms with van der Waals surface area (Å²) in [4.78, 5) is 38.4. The van der Waals surface area contributed by atoms with Gasteiger partial charge in [0.05, 0.1) is 12.8 Å². The highest BCUT2D eigenvalue weighted by Crippen LogP contribution is 2.30. The van der Waals surface area contributed by atoms with Gasteiger partial charge in [-0.15, -0.1) is 0 Å². The SMILES string of the molecule is C=CCOc1c(I)cc(/C=C2\C(=O)NC(=O)N(c3ccc(Cl)cc3)C2=O)cc1I. The third-order valence-corrected chi connectivity index (χ3v) is 5.72. The van der Waals surface area contributed by atoms with Gasteiger partial charge in [-0.1, -0.05) is 24.3 Å². The molecule has 0 atom stereocenters. The van der Waals surface area contributed by atoms with Crippen LogP contribution >= 0.6 is 56.8 Å². The van der Waals surface area contributed by atoms with E-state index in [1.807, 2.05) is 0 Å². The number of amides is 4. The van der Waals surface area contributed by atoms with Crippen LogP contribution in [0, 0.1) is 7.14 Å². The normalized spacial score (nSPS) is 15.5. The van der Waals surface area contributed by atoms with E-state index in [2.05, 4.69) is 57.1 Å². The number of imide groups is 2. The Balaban J connectivity index is 1.98. The molecule has 1 N–H and O–H groups in total. The Morgan fingerprint density at radius 1 is 1.10 bits per heavy atom. The molecular weight excluding hydrogens is 621 g/mol.